The molecule has 1 saturated carbocycles. The Kier molecular flexibility index (Phi) is 6.56. The maximum Gasteiger partial charge on any atom is 0.320 e. The zero-order chi connectivity index (χ0) is 23.9. The molecule has 0 aromatic rings. The van der Waals surface area contributed by atoms with Gasteiger partial charge in [0, 0.05) is 12.5 Å². The molecular formula is C27H36O5. The third-order valence-electron chi connectivity index (χ3n) is 7.95. The maximum atomic E-state index is 12.6. The third kappa shape index (κ3) is 3.56. The summed E-state index contributed by atoms with van der Waals surface area (Å²) in [4.78, 5) is 24.9. The lowest BCUT2D eigenvalue weighted by Gasteiger charge is -2.41. The van der Waals surface area contributed by atoms with E-state index in [1.165, 1.54) is 5.57 Å². The van der Waals surface area contributed by atoms with Crippen molar-refractivity contribution in [3.05, 3.63) is 59.8 Å². The average molecular weight is 441 g/mol. The molecule has 3 rings (SSSR count). The molecule has 0 aromatic heterocycles. The molecule has 5 heteroatoms. The molecule has 3 aliphatic rings. The van der Waals surface area contributed by atoms with Crippen LogP contribution in [0.25, 0.3) is 0 Å². The number of ether oxygens (including phenoxy) is 3. The van der Waals surface area contributed by atoms with Crippen molar-refractivity contribution in [3.63, 3.8) is 0 Å². The number of ketones is 1. The Balaban J connectivity index is 1.69. The first-order valence-electron chi connectivity index (χ1n) is 11.3. The van der Waals surface area contributed by atoms with Gasteiger partial charge in [-0.15, -0.1) is 0 Å². The summed E-state index contributed by atoms with van der Waals surface area (Å²) in [6.07, 6.45) is 15.2. The van der Waals surface area contributed by atoms with Crippen LogP contribution in [0.3, 0.4) is 0 Å². The Hall–Kier alpha value is -2.24. The first-order chi connectivity index (χ1) is 14.9. The molecule has 0 amide bonds. The number of Topliss-reactive ketones (excluding diaryl/α,β-unsaturated/α-hetero) is 1. The van der Waals surface area contributed by atoms with Gasteiger partial charge in [-0.05, 0) is 40.2 Å². The molecule has 0 N–H and O–H groups in total. The van der Waals surface area contributed by atoms with Crippen molar-refractivity contribution in [3.8, 4) is 0 Å². The highest BCUT2D eigenvalue weighted by Crippen LogP contribution is 2.60. The number of methoxy groups -OCH3 is 1. The van der Waals surface area contributed by atoms with E-state index in [-0.39, 0.29) is 29.5 Å². The molecule has 2 heterocycles. The smallest absolute Gasteiger partial charge is 0.320 e. The van der Waals surface area contributed by atoms with E-state index in [1.807, 2.05) is 57.2 Å². The number of rotatable bonds is 6. The number of carbonyl (C=O) groups excluding carboxylic acids is 2. The molecule has 174 valence electrons. The van der Waals surface area contributed by atoms with Crippen molar-refractivity contribution < 1.29 is 23.8 Å². The summed E-state index contributed by atoms with van der Waals surface area (Å²) in [7, 11) is 1.67. The minimum atomic E-state index is -1.10. The predicted molar refractivity (Wildman–Crippen MR) is 125 cm³/mol. The van der Waals surface area contributed by atoms with Crippen molar-refractivity contribution in [1.29, 1.82) is 0 Å². The molecule has 2 fully saturated rings. The van der Waals surface area contributed by atoms with Crippen LogP contribution in [0, 0.1) is 22.2 Å². The molecule has 0 spiro atoms. The van der Waals surface area contributed by atoms with E-state index in [1.54, 1.807) is 14.0 Å². The standard InChI is InChI=1S/C27H36O5/c1-17-16-25(5,24(30-8)31-20(17)4)18(2)14-12-10-9-11-13-15-26(6)22-19(3)21(28)27(26,7)23(29)32-22/h9-16,19-20,22,24H,1-8H3/b11-9+,12-10+,15-13+,18-14+/t19-,20+,22-,24-,25-,26?,27-/m0/s1. The van der Waals surface area contributed by atoms with Gasteiger partial charge < -0.3 is 14.2 Å². The number of hydrogen-bond acceptors (Lipinski definition) is 5. The summed E-state index contributed by atoms with van der Waals surface area (Å²) in [6, 6.07) is 0. The van der Waals surface area contributed by atoms with Crippen LogP contribution in [-0.4, -0.2) is 37.4 Å². The SMILES string of the molecule is CO[C@H]1O[C@H](C)C(C)=C[C@@]1(C)/C(C)=C/C=C/C=C/C=C/C1(C)[C@H]2OC(=O)[C@]1(C)C(=O)[C@@H]2C. The minimum Gasteiger partial charge on any atom is -0.460 e. The third-order valence-corrected chi connectivity index (χ3v) is 7.95. The van der Waals surface area contributed by atoms with Crippen LogP contribution in [0.1, 0.15) is 48.5 Å². The summed E-state index contributed by atoms with van der Waals surface area (Å²) >= 11 is 0. The van der Waals surface area contributed by atoms with Gasteiger partial charge in [0.05, 0.1) is 17.4 Å². The van der Waals surface area contributed by atoms with Crippen LogP contribution in [0.2, 0.25) is 0 Å². The van der Waals surface area contributed by atoms with Gasteiger partial charge in [0.25, 0.3) is 0 Å². The van der Waals surface area contributed by atoms with Crippen LogP contribution in [0.5, 0.6) is 0 Å². The second kappa shape index (κ2) is 8.60. The van der Waals surface area contributed by atoms with Gasteiger partial charge in [0.15, 0.2) is 12.1 Å². The van der Waals surface area contributed by atoms with E-state index in [0.717, 1.165) is 5.57 Å². The summed E-state index contributed by atoms with van der Waals surface area (Å²) in [5, 5.41) is 0. The number of hydrogen-bond donors (Lipinski definition) is 0. The Labute approximate surface area is 191 Å². The lowest BCUT2D eigenvalue weighted by Crippen LogP contribution is -2.42. The van der Waals surface area contributed by atoms with Crippen molar-refractivity contribution in [2.45, 2.75) is 67.0 Å². The number of allylic oxidation sites excluding steroid dienone is 6. The molecule has 0 aromatic carbocycles. The number of esters is 1. The maximum absolute atomic E-state index is 12.6. The van der Waals surface area contributed by atoms with E-state index in [0.29, 0.717) is 0 Å². The first-order valence-corrected chi connectivity index (χ1v) is 11.3. The van der Waals surface area contributed by atoms with E-state index in [4.69, 9.17) is 14.2 Å². The second-order valence-electron chi connectivity index (χ2n) is 9.88. The van der Waals surface area contributed by atoms with E-state index >= 15 is 0 Å². The lowest BCUT2D eigenvalue weighted by molar-refractivity contribution is -0.189. The first kappa shape index (κ1) is 24.4. The summed E-state index contributed by atoms with van der Waals surface area (Å²) in [5.74, 6) is -0.704. The molecule has 5 nitrogen and oxygen atoms in total. The Bertz CT molecular complexity index is 938. The van der Waals surface area contributed by atoms with Gasteiger partial charge >= 0.3 is 5.97 Å². The molecule has 0 radical (unpaired) electrons. The largest absolute Gasteiger partial charge is 0.460 e. The predicted octanol–water partition coefficient (Wildman–Crippen LogP) is 5.10. The Morgan fingerprint density at radius 3 is 2.31 bits per heavy atom. The van der Waals surface area contributed by atoms with Crippen molar-refractivity contribution in [2.24, 2.45) is 22.2 Å². The molecule has 7 atom stereocenters. The van der Waals surface area contributed by atoms with Crippen molar-refractivity contribution >= 4 is 11.8 Å². The molecule has 2 aliphatic heterocycles. The van der Waals surface area contributed by atoms with E-state index in [9.17, 15) is 9.59 Å². The number of fused-ring (bicyclic) bond motifs is 2. The number of carbonyl (C=O) groups is 2. The van der Waals surface area contributed by atoms with Gasteiger partial charge in [-0.2, -0.15) is 0 Å². The molecule has 1 saturated heterocycles. The summed E-state index contributed by atoms with van der Waals surface area (Å²) < 4.78 is 17.1. The zero-order valence-corrected chi connectivity index (χ0v) is 20.5. The minimum absolute atomic E-state index is 0.0244. The van der Waals surface area contributed by atoms with Gasteiger partial charge in [-0.3, -0.25) is 9.59 Å². The van der Waals surface area contributed by atoms with Crippen LogP contribution in [0.15, 0.2) is 59.8 Å². The molecular weight excluding hydrogens is 404 g/mol. The van der Waals surface area contributed by atoms with Gasteiger partial charge in [-0.1, -0.05) is 68.0 Å². The highest BCUT2D eigenvalue weighted by molar-refractivity contribution is 6.10. The summed E-state index contributed by atoms with van der Waals surface area (Å²) in [6.45, 7) is 13.8. The summed E-state index contributed by atoms with van der Waals surface area (Å²) in [5.41, 5.74) is 0.274. The van der Waals surface area contributed by atoms with Crippen LogP contribution < -0.4 is 0 Å². The van der Waals surface area contributed by atoms with Crippen molar-refractivity contribution in [2.75, 3.05) is 7.11 Å². The van der Waals surface area contributed by atoms with Crippen LogP contribution in [-0.2, 0) is 23.8 Å². The highest BCUT2D eigenvalue weighted by atomic mass is 16.7. The molecule has 1 unspecified atom stereocenters. The fraction of sp³-hybridized carbons (Fsp3) is 0.556. The Morgan fingerprint density at radius 2 is 1.69 bits per heavy atom. The Morgan fingerprint density at radius 1 is 1.06 bits per heavy atom. The van der Waals surface area contributed by atoms with Gasteiger partial charge in [0.1, 0.15) is 11.5 Å². The average Bonchev–Trinajstić information content (AvgIpc) is 3.03. The highest BCUT2D eigenvalue weighted by Gasteiger charge is 2.73. The fourth-order valence-electron chi connectivity index (χ4n) is 5.22. The van der Waals surface area contributed by atoms with Gasteiger partial charge in [0.2, 0.25) is 0 Å². The quantitative estimate of drug-likeness (QED) is 0.249. The normalized spacial score (nSPS) is 42.5. The molecule has 1 aliphatic carbocycles. The van der Waals surface area contributed by atoms with Crippen LogP contribution >= 0.6 is 0 Å². The van der Waals surface area contributed by atoms with Gasteiger partial charge in [-0.25, -0.2) is 0 Å². The van der Waals surface area contributed by atoms with Crippen molar-refractivity contribution in [1.82, 2.24) is 0 Å². The topological polar surface area (TPSA) is 61.8 Å². The van der Waals surface area contributed by atoms with E-state index < -0.39 is 22.9 Å². The fourth-order valence-corrected chi connectivity index (χ4v) is 5.22. The zero-order valence-electron chi connectivity index (χ0n) is 20.5. The lowest BCUT2D eigenvalue weighted by atomic mass is 9.68. The monoisotopic (exact) mass is 440 g/mol. The second-order valence-corrected chi connectivity index (χ2v) is 9.88. The van der Waals surface area contributed by atoms with Crippen LogP contribution in [0.4, 0.5) is 0 Å². The molecule has 32 heavy (non-hydrogen) atoms. The molecule has 2 bridgehead atoms. The van der Waals surface area contributed by atoms with E-state index in [2.05, 4.69) is 32.9 Å².